The molecule has 3 rings (SSSR count). The molecule has 0 bridgehead atoms. The van der Waals surface area contributed by atoms with Gasteiger partial charge in [0, 0.05) is 32.9 Å². The molecule has 154 valence electrons. The molecule has 5 nitrogen and oxygen atoms in total. The van der Waals surface area contributed by atoms with E-state index in [2.05, 4.69) is 26.6 Å². The highest BCUT2D eigenvalue weighted by atomic mass is 79.9. The number of benzene rings is 3. The van der Waals surface area contributed by atoms with E-state index in [9.17, 15) is 14.7 Å². The van der Waals surface area contributed by atoms with Crippen LogP contribution in [-0.2, 0) is 0 Å². The van der Waals surface area contributed by atoms with Gasteiger partial charge in [-0.3, -0.25) is 9.59 Å². The first-order valence-electron chi connectivity index (χ1n) is 9.23. The van der Waals surface area contributed by atoms with Crippen LogP contribution in [0, 0.1) is 6.92 Å². The van der Waals surface area contributed by atoms with Crippen LogP contribution in [0.25, 0.3) is 0 Å². The van der Waals surface area contributed by atoms with Gasteiger partial charge in [0.25, 0.3) is 11.8 Å². The Morgan fingerprint density at radius 1 is 0.967 bits per heavy atom. The number of hydrogen-bond donors (Lipinski definition) is 3. The number of aliphatic hydroxyl groups is 1. The molecule has 3 aromatic rings. The fraction of sp³-hybridized carbons (Fsp3) is 0.130. The second-order valence-electron chi connectivity index (χ2n) is 6.77. The van der Waals surface area contributed by atoms with E-state index in [1.54, 1.807) is 66.7 Å². The molecule has 1 unspecified atom stereocenters. The Morgan fingerprint density at radius 2 is 1.60 bits per heavy atom. The Morgan fingerprint density at radius 3 is 2.27 bits per heavy atom. The van der Waals surface area contributed by atoms with Crippen molar-refractivity contribution in [2.75, 3.05) is 11.9 Å². The molecule has 2 amide bonds. The van der Waals surface area contributed by atoms with E-state index in [4.69, 9.17) is 11.6 Å². The van der Waals surface area contributed by atoms with E-state index in [-0.39, 0.29) is 18.4 Å². The van der Waals surface area contributed by atoms with Crippen LogP contribution in [0.4, 0.5) is 5.69 Å². The minimum Gasteiger partial charge on any atom is -0.387 e. The molecule has 3 N–H and O–H groups in total. The Hall–Kier alpha value is -2.67. The number of amides is 2. The zero-order chi connectivity index (χ0) is 21.7. The summed E-state index contributed by atoms with van der Waals surface area (Å²) >= 11 is 9.19. The van der Waals surface area contributed by atoms with Gasteiger partial charge in [0.1, 0.15) is 0 Å². The van der Waals surface area contributed by atoms with E-state index in [1.165, 1.54) is 0 Å². The van der Waals surface area contributed by atoms with Crippen LogP contribution in [0.5, 0.6) is 0 Å². The van der Waals surface area contributed by atoms with Crippen molar-refractivity contribution in [3.63, 3.8) is 0 Å². The molecule has 0 fully saturated rings. The molecule has 0 aliphatic heterocycles. The van der Waals surface area contributed by atoms with Gasteiger partial charge in [-0.15, -0.1) is 0 Å². The molecule has 1 atom stereocenters. The molecule has 0 spiro atoms. The largest absolute Gasteiger partial charge is 0.387 e. The molecule has 0 saturated carbocycles. The predicted octanol–water partition coefficient (Wildman–Crippen LogP) is 5.13. The number of hydrogen-bond acceptors (Lipinski definition) is 3. The van der Waals surface area contributed by atoms with Gasteiger partial charge in [0.15, 0.2) is 0 Å². The normalized spacial score (nSPS) is 11.6. The smallest absolute Gasteiger partial charge is 0.255 e. The van der Waals surface area contributed by atoms with Gasteiger partial charge in [0.05, 0.1) is 6.10 Å². The maximum Gasteiger partial charge on any atom is 0.255 e. The fourth-order valence-electron chi connectivity index (χ4n) is 2.79. The van der Waals surface area contributed by atoms with Crippen LogP contribution >= 0.6 is 27.5 Å². The molecular formula is C23H20BrClN2O3. The highest BCUT2D eigenvalue weighted by Crippen LogP contribution is 2.20. The highest BCUT2D eigenvalue weighted by Gasteiger charge is 2.14. The molecule has 0 aliphatic carbocycles. The average Bonchev–Trinajstić information content (AvgIpc) is 2.74. The number of aryl methyl sites for hydroxylation is 1. The number of anilines is 1. The lowest BCUT2D eigenvalue weighted by Gasteiger charge is -2.14. The molecule has 0 saturated heterocycles. The van der Waals surface area contributed by atoms with Crippen LogP contribution in [0.2, 0.25) is 5.02 Å². The highest BCUT2D eigenvalue weighted by molar-refractivity contribution is 9.10. The van der Waals surface area contributed by atoms with E-state index < -0.39 is 6.10 Å². The van der Waals surface area contributed by atoms with Gasteiger partial charge in [-0.25, -0.2) is 0 Å². The van der Waals surface area contributed by atoms with Crippen molar-refractivity contribution in [2.24, 2.45) is 0 Å². The summed E-state index contributed by atoms with van der Waals surface area (Å²) in [5, 5.41) is 16.4. The molecule has 7 heteroatoms. The minimum absolute atomic E-state index is 0.0505. The van der Waals surface area contributed by atoms with Crippen molar-refractivity contribution in [3.05, 3.63) is 98.5 Å². The van der Waals surface area contributed by atoms with Gasteiger partial charge in [-0.05, 0) is 66.6 Å². The molecular weight excluding hydrogens is 468 g/mol. The van der Waals surface area contributed by atoms with E-state index in [0.717, 1.165) is 10.0 Å². The van der Waals surface area contributed by atoms with Gasteiger partial charge in [0.2, 0.25) is 0 Å². The van der Waals surface area contributed by atoms with Crippen LogP contribution in [-0.4, -0.2) is 23.5 Å². The summed E-state index contributed by atoms with van der Waals surface area (Å²) in [6.07, 6.45) is -0.853. The van der Waals surface area contributed by atoms with E-state index in [1.807, 2.05) is 6.92 Å². The van der Waals surface area contributed by atoms with Crippen molar-refractivity contribution in [2.45, 2.75) is 13.0 Å². The lowest BCUT2D eigenvalue weighted by molar-refractivity contribution is 0.0915. The monoisotopic (exact) mass is 486 g/mol. The first-order valence-corrected chi connectivity index (χ1v) is 10.4. The fourth-order valence-corrected chi connectivity index (χ4v) is 3.18. The maximum absolute atomic E-state index is 12.5. The SMILES string of the molecule is Cc1ccc(C(=O)NCC(O)c2ccc(Cl)cc2)cc1NC(=O)c1ccc(Br)cc1. The van der Waals surface area contributed by atoms with Crippen molar-refractivity contribution in [3.8, 4) is 0 Å². The van der Waals surface area contributed by atoms with Crippen LogP contribution in [0.3, 0.4) is 0 Å². The molecule has 30 heavy (non-hydrogen) atoms. The topological polar surface area (TPSA) is 78.4 Å². The van der Waals surface area contributed by atoms with Gasteiger partial charge in [-0.2, -0.15) is 0 Å². The lowest BCUT2D eigenvalue weighted by Crippen LogP contribution is -2.28. The summed E-state index contributed by atoms with van der Waals surface area (Å²) in [7, 11) is 0. The van der Waals surface area contributed by atoms with Gasteiger partial charge in [-0.1, -0.05) is 45.7 Å². The molecule has 0 aliphatic rings. The average molecular weight is 488 g/mol. The minimum atomic E-state index is -0.853. The van der Waals surface area contributed by atoms with Crippen LogP contribution in [0.15, 0.2) is 71.2 Å². The lowest BCUT2D eigenvalue weighted by atomic mass is 10.1. The summed E-state index contributed by atoms with van der Waals surface area (Å²) in [4.78, 5) is 25.0. The first-order chi connectivity index (χ1) is 14.3. The van der Waals surface area contributed by atoms with Gasteiger partial charge < -0.3 is 15.7 Å². The van der Waals surface area contributed by atoms with Crippen molar-refractivity contribution in [1.82, 2.24) is 5.32 Å². The Kier molecular flexibility index (Phi) is 7.26. The van der Waals surface area contributed by atoms with Gasteiger partial charge >= 0.3 is 0 Å². The summed E-state index contributed by atoms with van der Waals surface area (Å²) in [6.45, 7) is 1.90. The zero-order valence-corrected chi connectivity index (χ0v) is 18.5. The zero-order valence-electron chi connectivity index (χ0n) is 16.2. The second kappa shape index (κ2) is 9.89. The third-order valence-corrected chi connectivity index (χ3v) is 5.35. The third-order valence-electron chi connectivity index (χ3n) is 4.57. The number of carbonyl (C=O) groups excluding carboxylic acids is 2. The van der Waals surface area contributed by atoms with Crippen molar-refractivity contribution in [1.29, 1.82) is 0 Å². The number of nitrogens with one attached hydrogen (secondary N) is 2. The number of carbonyl (C=O) groups is 2. The maximum atomic E-state index is 12.5. The summed E-state index contributed by atoms with van der Waals surface area (Å²) in [5.41, 5.74) is 2.94. The summed E-state index contributed by atoms with van der Waals surface area (Å²) in [6, 6.07) is 18.8. The quantitative estimate of drug-likeness (QED) is 0.451. The van der Waals surface area contributed by atoms with Crippen LogP contribution < -0.4 is 10.6 Å². The molecule has 0 radical (unpaired) electrons. The van der Waals surface area contributed by atoms with Crippen LogP contribution in [0.1, 0.15) is 37.9 Å². The van der Waals surface area contributed by atoms with E-state index >= 15 is 0 Å². The Balaban J connectivity index is 1.66. The summed E-state index contributed by atoms with van der Waals surface area (Å²) < 4.78 is 0.884. The number of rotatable bonds is 6. The molecule has 3 aromatic carbocycles. The standard InChI is InChI=1S/C23H20BrClN2O3/c1-14-2-3-17(12-20(14)27-23(30)16-4-8-18(24)9-5-16)22(29)26-13-21(28)15-6-10-19(25)11-7-15/h2-12,21,28H,13H2,1H3,(H,26,29)(H,27,30). The summed E-state index contributed by atoms with van der Waals surface area (Å²) in [5.74, 6) is -0.608. The Bertz CT molecular complexity index is 1050. The third kappa shape index (κ3) is 5.69. The number of halogens is 2. The Labute approximate surface area is 188 Å². The van der Waals surface area contributed by atoms with E-state index in [0.29, 0.717) is 27.4 Å². The number of aliphatic hydroxyl groups excluding tert-OH is 1. The molecule has 0 heterocycles. The second-order valence-corrected chi connectivity index (χ2v) is 8.12. The van der Waals surface area contributed by atoms with Crippen molar-refractivity contribution >= 4 is 45.0 Å². The first kappa shape index (κ1) is 22.0. The molecule has 0 aromatic heterocycles. The predicted molar refractivity (Wildman–Crippen MR) is 122 cm³/mol. The van der Waals surface area contributed by atoms with Crippen molar-refractivity contribution < 1.29 is 14.7 Å².